The minimum Gasteiger partial charge on any atom is -0.320 e. The molecule has 0 bridgehead atoms. The van der Waals surface area contributed by atoms with E-state index in [1.54, 1.807) is 16.2 Å². The third-order valence-electron chi connectivity index (χ3n) is 4.46. The second kappa shape index (κ2) is 7.33. The summed E-state index contributed by atoms with van der Waals surface area (Å²) in [6.45, 7) is 8.08. The van der Waals surface area contributed by atoms with Crippen LogP contribution in [0, 0.1) is 20.8 Å². The lowest BCUT2D eigenvalue weighted by Gasteiger charge is -2.25. The van der Waals surface area contributed by atoms with Crippen LogP contribution in [0.5, 0.6) is 0 Å². The summed E-state index contributed by atoms with van der Waals surface area (Å²) in [4.78, 5) is 16.9. The minimum absolute atomic E-state index is 0.00884. The number of anilines is 1. The van der Waals surface area contributed by atoms with Gasteiger partial charge in [-0.3, -0.25) is 0 Å². The van der Waals surface area contributed by atoms with Crippen LogP contribution in [0.1, 0.15) is 34.1 Å². The molecule has 0 aliphatic carbocycles. The number of nitrogens with zero attached hydrogens (tertiary/aromatic N) is 3. The van der Waals surface area contributed by atoms with Gasteiger partial charge in [-0.2, -0.15) is 5.10 Å². The fourth-order valence-corrected chi connectivity index (χ4v) is 3.86. The first kappa shape index (κ1) is 18.2. The summed E-state index contributed by atoms with van der Waals surface area (Å²) in [6, 6.07) is 13.8. The van der Waals surface area contributed by atoms with Crippen molar-refractivity contribution in [3.8, 4) is 5.69 Å². The van der Waals surface area contributed by atoms with Crippen LogP contribution in [-0.4, -0.2) is 27.8 Å². The van der Waals surface area contributed by atoms with E-state index in [1.165, 1.54) is 9.75 Å². The first-order chi connectivity index (χ1) is 12.4. The maximum absolute atomic E-state index is 12.8. The van der Waals surface area contributed by atoms with Crippen molar-refractivity contribution in [3.63, 3.8) is 0 Å². The van der Waals surface area contributed by atoms with E-state index in [9.17, 15) is 4.79 Å². The van der Waals surface area contributed by atoms with Crippen LogP contribution in [0.25, 0.3) is 5.69 Å². The molecule has 3 aromatic rings. The number of carbonyl (C=O) groups is 1. The van der Waals surface area contributed by atoms with E-state index in [0.717, 1.165) is 22.8 Å². The van der Waals surface area contributed by atoms with Crippen LogP contribution in [0.3, 0.4) is 0 Å². The lowest BCUT2D eigenvalue weighted by atomic mass is 10.2. The molecule has 6 heteroatoms. The second-order valence-electron chi connectivity index (χ2n) is 6.52. The van der Waals surface area contributed by atoms with Crippen molar-refractivity contribution < 1.29 is 4.79 Å². The van der Waals surface area contributed by atoms with Crippen LogP contribution in [0.4, 0.5) is 10.5 Å². The Labute approximate surface area is 158 Å². The third kappa shape index (κ3) is 3.65. The molecule has 26 heavy (non-hydrogen) atoms. The van der Waals surface area contributed by atoms with Gasteiger partial charge in [0.1, 0.15) is 0 Å². The van der Waals surface area contributed by atoms with Gasteiger partial charge < -0.3 is 10.2 Å². The highest BCUT2D eigenvalue weighted by atomic mass is 32.1. The first-order valence-corrected chi connectivity index (χ1v) is 9.41. The Morgan fingerprint density at radius 2 is 1.92 bits per heavy atom. The standard InChI is InChI=1S/C20H24N4OS/c1-13-12-14(2)24(22-13)18-9-7-6-8-17(18)21-20(25)23(5)16(4)19-11-10-15(3)26-19/h6-12,16H,1-5H3,(H,21,25)/t16-/m0/s1. The summed E-state index contributed by atoms with van der Waals surface area (Å²) in [5, 5.41) is 7.57. The first-order valence-electron chi connectivity index (χ1n) is 8.59. The predicted molar refractivity (Wildman–Crippen MR) is 107 cm³/mol. The Bertz CT molecular complexity index is 928. The molecule has 5 nitrogen and oxygen atoms in total. The van der Waals surface area contributed by atoms with E-state index in [0.29, 0.717) is 0 Å². The zero-order chi connectivity index (χ0) is 18.8. The lowest BCUT2D eigenvalue weighted by Crippen LogP contribution is -2.33. The van der Waals surface area contributed by atoms with Crippen molar-refractivity contribution in [2.75, 3.05) is 12.4 Å². The van der Waals surface area contributed by atoms with E-state index < -0.39 is 0 Å². The number of aromatic nitrogens is 2. The summed E-state index contributed by atoms with van der Waals surface area (Å²) < 4.78 is 1.86. The summed E-state index contributed by atoms with van der Waals surface area (Å²) in [5.74, 6) is 0. The van der Waals surface area contributed by atoms with E-state index in [4.69, 9.17) is 0 Å². The maximum Gasteiger partial charge on any atom is 0.322 e. The lowest BCUT2D eigenvalue weighted by molar-refractivity contribution is 0.209. The number of nitrogens with one attached hydrogen (secondary N) is 1. The van der Waals surface area contributed by atoms with Crippen LogP contribution >= 0.6 is 11.3 Å². The Balaban J connectivity index is 1.83. The van der Waals surface area contributed by atoms with Crippen LogP contribution in [0.15, 0.2) is 42.5 Å². The summed E-state index contributed by atoms with van der Waals surface area (Å²) in [6.07, 6.45) is 0. The number of amides is 2. The van der Waals surface area contributed by atoms with Gasteiger partial charge >= 0.3 is 6.03 Å². The Morgan fingerprint density at radius 3 is 2.54 bits per heavy atom. The van der Waals surface area contributed by atoms with Crippen molar-refractivity contribution in [3.05, 3.63) is 63.6 Å². The number of aryl methyl sites for hydroxylation is 3. The summed E-state index contributed by atoms with van der Waals surface area (Å²) >= 11 is 1.72. The molecule has 1 aromatic carbocycles. The van der Waals surface area contributed by atoms with Gasteiger partial charge in [-0.05, 0) is 58.0 Å². The smallest absolute Gasteiger partial charge is 0.320 e. The highest BCUT2D eigenvalue weighted by molar-refractivity contribution is 7.12. The number of para-hydroxylation sites is 2. The molecule has 1 N–H and O–H groups in total. The molecular weight excluding hydrogens is 344 g/mol. The quantitative estimate of drug-likeness (QED) is 0.698. The van der Waals surface area contributed by atoms with Crippen molar-refractivity contribution in [2.24, 2.45) is 0 Å². The molecule has 0 saturated heterocycles. The number of carbonyl (C=O) groups excluding carboxylic acids is 1. The fraction of sp³-hybridized carbons (Fsp3) is 0.300. The molecule has 0 saturated carbocycles. The monoisotopic (exact) mass is 368 g/mol. The highest BCUT2D eigenvalue weighted by Gasteiger charge is 2.20. The number of thiophene rings is 1. The molecule has 0 unspecified atom stereocenters. The van der Waals surface area contributed by atoms with Gasteiger partial charge in [0.2, 0.25) is 0 Å². The predicted octanol–water partition coefficient (Wildman–Crippen LogP) is 5.08. The Kier molecular flexibility index (Phi) is 5.13. The van der Waals surface area contributed by atoms with Gasteiger partial charge in [0, 0.05) is 22.5 Å². The van der Waals surface area contributed by atoms with Gasteiger partial charge in [0.05, 0.1) is 23.1 Å². The van der Waals surface area contributed by atoms with Gasteiger partial charge in [0.15, 0.2) is 0 Å². The second-order valence-corrected chi connectivity index (χ2v) is 7.84. The molecule has 0 fully saturated rings. The third-order valence-corrected chi connectivity index (χ3v) is 5.63. The van der Waals surface area contributed by atoms with Crippen molar-refractivity contribution >= 4 is 23.1 Å². The highest BCUT2D eigenvalue weighted by Crippen LogP contribution is 2.27. The molecule has 2 aromatic heterocycles. The van der Waals surface area contributed by atoms with E-state index in [2.05, 4.69) is 29.5 Å². The van der Waals surface area contributed by atoms with Crippen LogP contribution < -0.4 is 5.32 Å². The zero-order valence-electron chi connectivity index (χ0n) is 15.8. The molecule has 0 aliphatic heterocycles. The molecule has 3 rings (SSSR count). The maximum atomic E-state index is 12.8. The Hall–Kier alpha value is -2.60. The minimum atomic E-state index is -0.141. The van der Waals surface area contributed by atoms with Gasteiger partial charge in [-0.15, -0.1) is 11.3 Å². The molecule has 0 aliphatic rings. The summed E-state index contributed by atoms with van der Waals surface area (Å²) in [5.41, 5.74) is 3.58. The molecule has 0 radical (unpaired) electrons. The number of benzene rings is 1. The topological polar surface area (TPSA) is 50.2 Å². The van der Waals surface area contributed by atoms with E-state index >= 15 is 0 Å². The molecular formula is C20H24N4OS. The van der Waals surface area contributed by atoms with Crippen molar-refractivity contribution in [2.45, 2.75) is 33.7 Å². The van der Waals surface area contributed by atoms with Gasteiger partial charge in [-0.1, -0.05) is 12.1 Å². The van der Waals surface area contributed by atoms with E-state index in [-0.39, 0.29) is 12.1 Å². The van der Waals surface area contributed by atoms with Crippen molar-refractivity contribution in [1.82, 2.24) is 14.7 Å². The Morgan fingerprint density at radius 1 is 1.19 bits per heavy atom. The zero-order valence-corrected chi connectivity index (χ0v) is 16.6. The average Bonchev–Trinajstić information content (AvgIpc) is 3.19. The average molecular weight is 369 g/mol. The molecule has 2 heterocycles. The van der Waals surface area contributed by atoms with Gasteiger partial charge in [-0.25, -0.2) is 9.48 Å². The summed E-state index contributed by atoms with van der Waals surface area (Å²) in [7, 11) is 1.82. The van der Waals surface area contributed by atoms with E-state index in [1.807, 2.05) is 62.8 Å². The number of rotatable bonds is 4. The van der Waals surface area contributed by atoms with Crippen LogP contribution in [0.2, 0.25) is 0 Å². The fourth-order valence-electron chi connectivity index (χ4n) is 2.88. The molecule has 0 spiro atoms. The number of urea groups is 1. The molecule has 1 atom stereocenters. The SMILES string of the molecule is Cc1cc(C)n(-c2ccccc2NC(=O)N(C)[C@@H](C)c2ccc(C)s2)n1. The number of hydrogen-bond donors (Lipinski definition) is 1. The normalized spacial score (nSPS) is 12.0. The number of hydrogen-bond acceptors (Lipinski definition) is 3. The van der Waals surface area contributed by atoms with Crippen molar-refractivity contribution in [1.29, 1.82) is 0 Å². The van der Waals surface area contributed by atoms with Gasteiger partial charge in [0.25, 0.3) is 0 Å². The molecule has 2 amide bonds. The molecule has 136 valence electrons. The largest absolute Gasteiger partial charge is 0.322 e. The van der Waals surface area contributed by atoms with Crippen LogP contribution in [-0.2, 0) is 0 Å².